The number of aliphatic imine (C=N–C) groups is 1. The average molecular weight is 434 g/mol. The normalized spacial score (nSPS) is 12.8. The second-order valence-corrected chi connectivity index (χ2v) is 6.29. The zero-order valence-corrected chi connectivity index (χ0v) is 17.4. The van der Waals surface area contributed by atoms with Crippen LogP contribution in [0.5, 0.6) is 5.88 Å². The predicted molar refractivity (Wildman–Crippen MR) is 108 cm³/mol. The van der Waals surface area contributed by atoms with Gasteiger partial charge in [-0.05, 0) is 44.7 Å². The average Bonchev–Trinajstić information content (AvgIpc) is 2.42. The lowest BCUT2D eigenvalue weighted by atomic mass is 10.1. The fourth-order valence-corrected chi connectivity index (χ4v) is 2.20. The van der Waals surface area contributed by atoms with Crippen LogP contribution in [-0.2, 0) is 6.54 Å². The van der Waals surface area contributed by atoms with Gasteiger partial charge in [0, 0.05) is 31.9 Å². The highest BCUT2D eigenvalue weighted by Crippen LogP contribution is 2.14. The number of pyridine rings is 1. The van der Waals surface area contributed by atoms with Gasteiger partial charge in [-0.3, -0.25) is 4.99 Å². The molecule has 0 saturated heterocycles. The van der Waals surface area contributed by atoms with Crippen molar-refractivity contribution in [1.29, 1.82) is 0 Å². The summed E-state index contributed by atoms with van der Waals surface area (Å²) in [4.78, 5) is 8.48. The molecule has 1 heterocycles. The molecule has 2 N–H and O–H groups in total. The first-order valence-corrected chi connectivity index (χ1v) is 7.99. The zero-order chi connectivity index (χ0) is 16.5. The van der Waals surface area contributed by atoms with Crippen LogP contribution >= 0.6 is 24.0 Å². The van der Waals surface area contributed by atoms with E-state index in [1.165, 1.54) is 0 Å². The van der Waals surface area contributed by atoms with Gasteiger partial charge in [0.25, 0.3) is 0 Å². The third-order valence-corrected chi connectivity index (χ3v) is 3.03. The van der Waals surface area contributed by atoms with E-state index in [0.29, 0.717) is 24.4 Å². The molecule has 0 fully saturated rings. The van der Waals surface area contributed by atoms with E-state index >= 15 is 0 Å². The molecule has 0 aliphatic rings. The Morgan fingerprint density at radius 2 is 1.96 bits per heavy atom. The van der Waals surface area contributed by atoms with Crippen molar-refractivity contribution < 1.29 is 4.74 Å². The predicted octanol–water partition coefficient (Wildman–Crippen LogP) is 3.59. The van der Waals surface area contributed by atoms with Gasteiger partial charge in [0.1, 0.15) is 0 Å². The van der Waals surface area contributed by atoms with Gasteiger partial charge in [-0.25, -0.2) is 4.98 Å². The molecule has 1 unspecified atom stereocenters. The summed E-state index contributed by atoms with van der Waals surface area (Å²) in [6.45, 7) is 11.3. The molecular weight excluding hydrogens is 403 g/mol. The van der Waals surface area contributed by atoms with Crippen molar-refractivity contribution >= 4 is 29.9 Å². The van der Waals surface area contributed by atoms with E-state index < -0.39 is 0 Å². The molecule has 0 radical (unpaired) electrons. The van der Waals surface area contributed by atoms with Crippen LogP contribution in [0.25, 0.3) is 0 Å². The van der Waals surface area contributed by atoms with E-state index in [1.807, 2.05) is 12.1 Å². The van der Waals surface area contributed by atoms with Crippen LogP contribution in [0.3, 0.4) is 0 Å². The van der Waals surface area contributed by atoms with Crippen molar-refractivity contribution in [2.45, 2.75) is 59.7 Å². The summed E-state index contributed by atoms with van der Waals surface area (Å²) in [5.74, 6) is 2.09. The van der Waals surface area contributed by atoms with Crippen LogP contribution in [0.2, 0.25) is 0 Å². The van der Waals surface area contributed by atoms with Crippen molar-refractivity contribution in [3.05, 3.63) is 23.9 Å². The zero-order valence-electron chi connectivity index (χ0n) is 15.1. The fraction of sp³-hybridized carbons (Fsp3) is 0.647. The standard InChI is InChI=1S/C17H30N4O.HI/c1-12(2)9-14(5)22-16-10-15(7-8-19-16)11-20-17(18-6)21-13(3)4;/h7-8,10,12-14H,9,11H2,1-6H3,(H2,18,20,21);1H. The Kier molecular flexibility index (Phi) is 11.0. The second-order valence-electron chi connectivity index (χ2n) is 6.29. The number of nitrogens with zero attached hydrogens (tertiary/aromatic N) is 2. The maximum atomic E-state index is 5.88. The number of hydrogen-bond donors (Lipinski definition) is 2. The Morgan fingerprint density at radius 1 is 1.26 bits per heavy atom. The number of halogens is 1. The van der Waals surface area contributed by atoms with Gasteiger partial charge in [0.15, 0.2) is 5.96 Å². The molecule has 0 bridgehead atoms. The third-order valence-electron chi connectivity index (χ3n) is 3.03. The molecule has 0 aliphatic carbocycles. The van der Waals surface area contributed by atoms with Gasteiger partial charge in [-0.1, -0.05) is 13.8 Å². The lowest BCUT2D eigenvalue weighted by Crippen LogP contribution is -2.40. The van der Waals surface area contributed by atoms with Crippen molar-refractivity contribution in [2.75, 3.05) is 7.05 Å². The fourth-order valence-electron chi connectivity index (χ4n) is 2.20. The minimum absolute atomic E-state index is 0. The molecule has 1 rings (SSSR count). The van der Waals surface area contributed by atoms with Crippen LogP contribution in [0, 0.1) is 5.92 Å². The molecule has 1 atom stereocenters. The van der Waals surface area contributed by atoms with Crippen molar-refractivity contribution in [1.82, 2.24) is 15.6 Å². The molecule has 0 saturated carbocycles. The molecule has 6 heteroatoms. The Morgan fingerprint density at radius 3 is 2.52 bits per heavy atom. The molecule has 1 aromatic heterocycles. The maximum absolute atomic E-state index is 5.88. The first-order valence-electron chi connectivity index (χ1n) is 7.99. The van der Waals surface area contributed by atoms with Crippen LogP contribution in [0.1, 0.15) is 46.6 Å². The van der Waals surface area contributed by atoms with Crippen molar-refractivity contribution in [3.63, 3.8) is 0 Å². The maximum Gasteiger partial charge on any atom is 0.213 e. The molecule has 0 aliphatic heterocycles. The Bertz CT molecular complexity index is 477. The molecule has 0 aromatic carbocycles. The summed E-state index contributed by atoms with van der Waals surface area (Å²) in [5.41, 5.74) is 1.12. The van der Waals surface area contributed by atoms with Crippen LogP contribution in [0.4, 0.5) is 0 Å². The molecule has 1 aromatic rings. The van der Waals surface area contributed by atoms with Gasteiger partial charge in [-0.15, -0.1) is 24.0 Å². The van der Waals surface area contributed by atoms with Crippen LogP contribution in [-0.4, -0.2) is 30.1 Å². The number of hydrogen-bond acceptors (Lipinski definition) is 3. The topological polar surface area (TPSA) is 58.5 Å². The lowest BCUT2D eigenvalue weighted by molar-refractivity contribution is 0.185. The summed E-state index contributed by atoms with van der Waals surface area (Å²) < 4.78 is 5.88. The summed E-state index contributed by atoms with van der Waals surface area (Å²) >= 11 is 0. The highest BCUT2D eigenvalue weighted by molar-refractivity contribution is 14.0. The van der Waals surface area contributed by atoms with E-state index in [9.17, 15) is 0 Å². The smallest absolute Gasteiger partial charge is 0.213 e. The Balaban J connectivity index is 0.00000484. The molecule has 0 amide bonds. The minimum Gasteiger partial charge on any atom is -0.475 e. The van der Waals surface area contributed by atoms with Gasteiger partial charge in [0.05, 0.1) is 6.10 Å². The van der Waals surface area contributed by atoms with Gasteiger partial charge in [0.2, 0.25) is 5.88 Å². The summed E-state index contributed by atoms with van der Waals surface area (Å²) in [5, 5.41) is 6.55. The quantitative estimate of drug-likeness (QED) is 0.391. The van der Waals surface area contributed by atoms with Crippen molar-refractivity contribution in [3.8, 4) is 5.88 Å². The monoisotopic (exact) mass is 434 g/mol. The van der Waals surface area contributed by atoms with Gasteiger partial charge in [-0.2, -0.15) is 0 Å². The van der Waals surface area contributed by atoms with Gasteiger partial charge < -0.3 is 15.4 Å². The molecule has 132 valence electrons. The highest BCUT2D eigenvalue weighted by Gasteiger charge is 2.08. The first-order chi connectivity index (χ1) is 10.4. The van der Waals surface area contributed by atoms with Gasteiger partial charge >= 0.3 is 0 Å². The Hall–Kier alpha value is -1.05. The number of nitrogens with one attached hydrogen (secondary N) is 2. The van der Waals surface area contributed by atoms with Crippen LogP contribution < -0.4 is 15.4 Å². The number of ether oxygens (including phenoxy) is 1. The third kappa shape index (κ3) is 9.63. The highest BCUT2D eigenvalue weighted by atomic mass is 127. The SMILES string of the molecule is CN=C(NCc1ccnc(OC(C)CC(C)C)c1)NC(C)C.I. The second kappa shape index (κ2) is 11.5. The van der Waals surface area contributed by atoms with E-state index in [0.717, 1.165) is 17.9 Å². The summed E-state index contributed by atoms with van der Waals surface area (Å²) in [6.07, 6.45) is 2.98. The molecular formula is C17H31IN4O. The molecule has 23 heavy (non-hydrogen) atoms. The van der Waals surface area contributed by atoms with E-state index in [1.54, 1.807) is 13.2 Å². The molecule has 0 spiro atoms. The summed E-state index contributed by atoms with van der Waals surface area (Å²) in [6, 6.07) is 4.31. The summed E-state index contributed by atoms with van der Waals surface area (Å²) in [7, 11) is 1.77. The first kappa shape index (κ1) is 21.9. The minimum atomic E-state index is 0. The Labute approximate surface area is 157 Å². The van der Waals surface area contributed by atoms with E-state index in [4.69, 9.17) is 4.74 Å². The largest absolute Gasteiger partial charge is 0.475 e. The van der Waals surface area contributed by atoms with Crippen molar-refractivity contribution in [2.24, 2.45) is 10.9 Å². The lowest BCUT2D eigenvalue weighted by Gasteiger charge is -2.17. The van der Waals surface area contributed by atoms with Crippen LogP contribution in [0.15, 0.2) is 23.3 Å². The number of guanidine groups is 1. The van der Waals surface area contributed by atoms with E-state index in [2.05, 4.69) is 55.2 Å². The number of rotatable bonds is 7. The number of aromatic nitrogens is 1. The van der Waals surface area contributed by atoms with E-state index in [-0.39, 0.29) is 30.1 Å². The molecule has 5 nitrogen and oxygen atoms in total.